The van der Waals surface area contributed by atoms with Crippen LogP contribution in [0.15, 0.2) is 60.0 Å². The predicted octanol–water partition coefficient (Wildman–Crippen LogP) is 5.99. The molecule has 3 aromatic rings. The molecule has 2 heterocycles. The lowest BCUT2D eigenvalue weighted by atomic mass is 10.00. The highest BCUT2D eigenvalue weighted by Crippen LogP contribution is 2.34. The SMILES string of the molecule is CC[C@@H](C)CN(CC(=O)N1CCc2sccc2[C@H]1COc1ccc(C)cc1C)C(=O)Cc1ccccc1. The van der Waals surface area contributed by atoms with Crippen LogP contribution >= 0.6 is 11.3 Å². The quantitative estimate of drug-likeness (QED) is 0.331. The molecule has 6 heteroatoms. The molecule has 2 atom stereocenters. The van der Waals surface area contributed by atoms with Crippen molar-refractivity contribution in [2.45, 2.75) is 53.0 Å². The van der Waals surface area contributed by atoms with Crippen molar-refractivity contribution in [2.75, 3.05) is 26.2 Å². The van der Waals surface area contributed by atoms with Crippen molar-refractivity contribution in [3.05, 3.63) is 87.1 Å². The summed E-state index contributed by atoms with van der Waals surface area (Å²) in [6.07, 6.45) is 2.10. The van der Waals surface area contributed by atoms with Crippen molar-refractivity contribution in [2.24, 2.45) is 5.92 Å². The molecule has 4 rings (SSSR count). The number of amides is 2. The number of nitrogens with zero attached hydrogens (tertiary/aromatic N) is 2. The summed E-state index contributed by atoms with van der Waals surface area (Å²) in [7, 11) is 0. The van der Waals surface area contributed by atoms with E-state index in [2.05, 4.69) is 38.3 Å². The molecule has 0 N–H and O–H groups in total. The van der Waals surface area contributed by atoms with Crippen LogP contribution in [0.3, 0.4) is 0 Å². The van der Waals surface area contributed by atoms with Crippen molar-refractivity contribution >= 4 is 23.2 Å². The first-order valence-corrected chi connectivity index (χ1v) is 14.1. The molecule has 0 aliphatic carbocycles. The lowest BCUT2D eigenvalue weighted by Gasteiger charge is -2.37. The largest absolute Gasteiger partial charge is 0.491 e. The van der Waals surface area contributed by atoms with Crippen molar-refractivity contribution in [1.29, 1.82) is 0 Å². The van der Waals surface area contributed by atoms with E-state index >= 15 is 0 Å². The zero-order chi connectivity index (χ0) is 26.4. The van der Waals surface area contributed by atoms with Crippen molar-refractivity contribution < 1.29 is 14.3 Å². The number of fused-ring (bicyclic) bond motifs is 1. The molecule has 1 aromatic heterocycles. The number of carbonyl (C=O) groups is 2. The summed E-state index contributed by atoms with van der Waals surface area (Å²) in [6, 6.07) is 17.9. The second-order valence-corrected chi connectivity index (χ2v) is 11.2. The van der Waals surface area contributed by atoms with Crippen LogP contribution < -0.4 is 4.74 Å². The first-order valence-electron chi connectivity index (χ1n) is 13.2. The Labute approximate surface area is 225 Å². The van der Waals surface area contributed by atoms with Crippen LogP contribution in [0.2, 0.25) is 0 Å². The van der Waals surface area contributed by atoms with Crippen LogP contribution in [0.5, 0.6) is 5.75 Å². The Balaban J connectivity index is 1.51. The Morgan fingerprint density at radius 2 is 1.92 bits per heavy atom. The van der Waals surface area contributed by atoms with Crippen LogP contribution in [-0.4, -0.2) is 47.9 Å². The molecule has 0 saturated heterocycles. The first-order chi connectivity index (χ1) is 17.9. The minimum atomic E-state index is -0.169. The number of ether oxygens (including phenoxy) is 1. The van der Waals surface area contributed by atoms with E-state index in [-0.39, 0.29) is 24.4 Å². The van der Waals surface area contributed by atoms with E-state index < -0.39 is 0 Å². The Bertz CT molecular complexity index is 1210. The molecule has 0 bridgehead atoms. The molecule has 2 amide bonds. The minimum absolute atomic E-state index is 0.00355. The summed E-state index contributed by atoms with van der Waals surface area (Å²) < 4.78 is 6.28. The van der Waals surface area contributed by atoms with Gasteiger partial charge in [-0.25, -0.2) is 0 Å². The highest BCUT2D eigenvalue weighted by Gasteiger charge is 2.33. The number of hydrogen-bond acceptors (Lipinski definition) is 4. The van der Waals surface area contributed by atoms with Gasteiger partial charge in [0.1, 0.15) is 12.4 Å². The van der Waals surface area contributed by atoms with Gasteiger partial charge >= 0.3 is 0 Å². The summed E-state index contributed by atoms with van der Waals surface area (Å²) in [5.74, 6) is 1.14. The Morgan fingerprint density at radius 3 is 2.65 bits per heavy atom. The number of carbonyl (C=O) groups excluding carboxylic acids is 2. The molecule has 5 nitrogen and oxygen atoms in total. The topological polar surface area (TPSA) is 49.9 Å². The summed E-state index contributed by atoms with van der Waals surface area (Å²) in [4.78, 5) is 32.1. The van der Waals surface area contributed by atoms with E-state index in [0.29, 0.717) is 32.0 Å². The fraction of sp³-hybridized carbons (Fsp3) is 0.419. The van der Waals surface area contributed by atoms with Crippen LogP contribution in [0.1, 0.15) is 53.4 Å². The molecule has 0 saturated carbocycles. The van der Waals surface area contributed by atoms with Gasteiger partial charge in [0.25, 0.3) is 0 Å². The van der Waals surface area contributed by atoms with Gasteiger partial charge < -0.3 is 14.5 Å². The van der Waals surface area contributed by atoms with Crippen LogP contribution in [0, 0.1) is 19.8 Å². The molecule has 196 valence electrons. The summed E-state index contributed by atoms with van der Waals surface area (Å²) >= 11 is 1.74. The zero-order valence-corrected chi connectivity index (χ0v) is 23.2. The first kappa shape index (κ1) is 26.9. The molecule has 0 unspecified atom stereocenters. The fourth-order valence-electron chi connectivity index (χ4n) is 4.90. The Morgan fingerprint density at radius 1 is 1.14 bits per heavy atom. The number of benzene rings is 2. The van der Waals surface area contributed by atoms with Crippen molar-refractivity contribution in [3.8, 4) is 5.75 Å². The van der Waals surface area contributed by atoms with Gasteiger partial charge in [-0.2, -0.15) is 0 Å². The summed E-state index contributed by atoms with van der Waals surface area (Å²) in [6.45, 7) is 10.1. The lowest BCUT2D eigenvalue weighted by molar-refractivity contribution is -0.143. The molecule has 0 spiro atoms. The maximum atomic E-state index is 13.8. The molecule has 0 radical (unpaired) electrons. The second-order valence-electron chi connectivity index (χ2n) is 10.2. The van der Waals surface area contributed by atoms with Gasteiger partial charge in [-0.15, -0.1) is 11.3 Å². The van der Waals surface area contributed by atoms with Gasteiger partial charge in [0.05, 0.1) is 19.0 Å². The van der Waals surface area contributed by atoms with Gasteiger partial charge in [-0.3, -0.25) is 9.59 Å². The number of hydrogen-bond donors (Lipinski definition) is 0. The van der Waals surface area contributed by atoms with E-state index in [9.17, 15) is 9.59 Å². The zero-order valence-electron chi connectivity index (χ0n) is 22.4. The number of thiophene rings is 1. The Hall–Kier alpha value is -3.12. The molecule has 2 aromatic carbocycles. The standard InChI is InChI=1S/C31H38N2O3S/c1-5-22(2)19-32(30(34)18-25-9-7-6-8-10-25)20-31(35)33-15-13-29-26(14-16-37-29)27(33)21-36-28-12-11-23(3)17-24(28)4/h6-12,14,16-17,22,27H,5,13,15,18-21H2,1-4H3/t22-,27-/m1/s1. The molecule has 0 fully saturated rings. The van der Waals surface area contributed by atoms with E-state index in [4.69, 9.17) is 4.74 Å². The van der Waals surface area contributed by atoms with Gasteiger partial charge in [0, 0.05) is 18.0 Å². The molecule has 1 aliphatic heterocycles. The molecule has 37 heavy (non-hydrogen) atoms. The van der Waals surface area contributed by atoms with E-state index in [0.717, 1.165) is 29.7 Å². The highest BCUT2D eigenvalue weighted by atomic mass is 32.1. The third-order valence-electron chi connectivity index (χ3n) is 7.25. The van der Waals surface area contributed by atoms with E-state index in [1.165, 1.54) is 16.0 Å². The molecule has 1 aliphatic rings. The third kappa shape index (κ3) is 6.80. The molecular weight excluding hydrogens is 480 g/mol. The number of aryl methyl sites for hydroxylation is 2. The number of rotatable bonds is 10. The van der Waals surface area contributed by atoms with Crippen molar-refractivity contribution in [1.82, 2.24) is 9.80 Å². The van der Waals surface area contributed by atoms with E-state index in [1.807, 2.05) is 54.3 Å². The second kappa shape index (κ2) is 12.4. The lowest BCUT2D eigenvalue weighted by Crippen LogP contribution is -2.48. The van der Waals surface area contributed by atoms with Gasteiger partial charge in [0.15, 0.2) is 0 Å². The average molecular weight is 519 g/mol. The monoisotopic (exact) mass is 518 g/mol. The summed E-state index contributed by atoms with van der Waals surface area (Å²) in [5, 5.41) is 2.10. The van der Waals surface area contributed by atoms with E-state index in [1.54, 1.807) is 16.2 Å². The maximum absolute atomic E-state index is 13.8. The highest BCUT2D eigenvalue weighted by molar-refractivity contribution is 7.10. The van der Waals surface area contributed by atoms with Crippen LogP contribution in [0.25, 0.3) is 0 Å². The smallest absolute Gasteiger partial charge is 0.242 e. The summed E-state index contributed by atoms with van der Waals surface area (Å²) in [5.41, 5.74) is 4.42. The van der Waals surface area contributed by atoms with Gasteiger partial charge in [-0.05, 0) is 60.4 Å². The fourth-order valence-corrected chi connectivity index (χ4v) is 5.83. The predicted molar refractivity (Wildman–Crippen MR) is 150 cm³/mol. The van der Waals surface area contributed by atoms with Crippen molar-refractivity contribution in [3.63, 3.8) is 0 Å². The van der Waals surface area contributed by atoms with Crippen LogP contribution in [0.4, 0.5) is 0 Å². The average Bonchev–Trinajstić information content (AvgIpc) is 3.37. The van der Waals surface area contributed by atoms with Gasteiger partial charge in [0.2, 0.25) is 11.8 Å². The molecular formula is C31H38N2O3S. The maximum Gasteiger partial charge on any atom is 0.242 e. The van der Waals surface area contributed by atoms with Gasteiger partial charge in [-0.1, -0.05) is 68.3 Å². The Kier molecular flexibility index (Phi) is 9.04. The normalized spacial score (nSPS) is 15.7. The minimum Gasteiger partial charge on any atom is -0.491 e. The van der Waals surface area contributed by atoms with Crippen LogP contribution in [-0.2, 0) is 22.4 Å². The third-order valence-corrected chi connectivity index (χ3v) is 8.24.